The van der Waals surface area contributed by atoms with Crippen molar-refractivity contribution in [3.05, 3.63) is 16.1 Å². The molecule has 78 valence electrons. The molecule has 3 nitrogen and oxygen atoms in total. The highest BCUT2D eigenvalue weighted by atomic mass is 32.1. The summed E-state index contributed by atoms with van der Waals surface area (Å²) in [7, 11) is 0. The van der Waals surface area contributed by atoms with Gasteiger partial charge in [0.1, 0.15) is 0 Å². The lowest BCUT2D eigenvalue weighted by Gasteiger charge is -2.15. The number of hydrogen-bond acceptors (Lipinski definition) is 3. The van der Waals surface area contributed by atoms with Crippen LogP contribution in [0.3, 0.4) is 0 Å². The summed E-state index contributed by atoms with van der Waals surface area (Å²) in [5, 5.41) is 11.4. The molecule has 0 saturated heterocycles. The highest BCUT2D eigenvalue weighted by Gasteiger charge is 2.14. The van der Waals surface area contributed by atoms with Gasteiger partial charge in [-0.15, -0.1) is 11.3 Å². The average Bonchev–Trinajstić information content (AvgIpc) is 2.30. The summed E-state index contributed by atoms with van der Waals surface area (Å²) in [5.41, 5.74) is 0.875. The summed E-state index contributed by atoms with van der Waals surface area (Å²) in [6, 6.07) is 0. The molecule has 0 saturated carbocycles. The smallest absolute Gasteiger partial charge is 0.309 e. The van der Waals surface area contributed by atoms with E-state index in [1.165, 1.54) is 0 Å². The molecule has 0 unspecified atom stereocenters. The van der Waals surface area contributed by atoms with Gasteiger partial charge in [0.05, 0.1) is 17.1 Å². The van der Waals surface area contributed by atoms with Crippen molar-refractivity contribution in [1.82, 2.24) is 4.98 Å². The van der Waals surface area contributed by atoms with Crippen molar-refractivity contribution in [2.45, 2.75) is 33.6 Å². The number of hydrogen-bond donors (Lipinski definition) is 1. The van der Waals surface area contributed by atoms with Crippen LogP contribution in [0.5, 0.6) is 0 Å². The van der Waals surface area contributed by atoms with Crippen LogP contribution in [0.2, 0.25) is 0 Å². The molecular formula is C10H15NO2S. The maximum atomic E-state index is 10.4. The van der Waals surface area contributed by atoms with E-state index in [2.05, 4.69) is 25.8 Å². The number of aliphatic carboxylic acids is 1. The van der Waals surface area contributed by atoms with Crippen LogP contribution in [0.1, 0.15) is 31.5 Å². The van der Waals surface area contributed by atoms with Crippen LogP contribution < -0.4 is 0 Å². The van der Waals surface area contributed by atoms with Crippen LogP contribution in [0.4, 0.5) is 0 Å². The van der Waals surface area contributed by atoms with Gasteiger partial charge >= 0.3 is 5.97 Å². The molecule has 0 spiro atoms. The summed E-state index contributed by atoms with van der Waals surface area (Å²) in [5.74, 6) is -0.822. The van der Waals surface area contributed by atoms with Crippen molar-refractivity contribution in [3.63, 3.8) is 0 Å². The van der Waals surface area contributed by atoms with E-state index < -0.39 is 5.97 Å². The molecule has 0 bridgehead atoms. The minimum absolute atomic E-state index is 0.0284. The summed E-state index contributed by atoms with van der Waals surface area (Å²) in [6.45, 7) is 6.43. The van der Waals surface area contributed by atoms with Gasteiger partial charge in [-0.05, 0) is 5.41 Å². The molecule has 0 aliphatic carbocycles. The van der Waals surface area contributed by atoms with E-state index in [0.717, 1.165) is 11.4 Å². The van der Waals surface area contributed by atoms with Crippen LogP contribution in [-0.4, -0.2) is 16.1 Å². The minimum atomic E-state index is -0.822. The second-order valence-electron chi connectivity index (χ2n) is 4.54. The fourth-order valence-corrected chi connectivity index (χ4v) is 2.21. The zero-order valence-corrected chi connectivity index (χ0v) is 9.52. The van der Waals surface area contributed by atoms with Crippen LogP contribution in [0.15, 0.2) is 5.38 Å². The molecule has 1 aromatic rings. The van der Waals surface area contributed by atoms with Gasteiger partial charge in [0, 0.05) is 11.8 Å². The van der Waals surface area contributed by atoms with E-state index in [1.54, 1.807) is 11.3 Å². The summed E-state index contributed by atoms with van der Waals surface area (Å²) >= 11 is 1.54. The van der Waals surface area contributed by atoms with Crippen molar-refractivity contribution in [2.75, 3.05) is 0 Å². The van der Waals surface area contributed by atoms with Gasteiger partial charge in [0.25, 0.3) is 0 Å². The van der Waals surface area contributed by atoms with Gasteiger partial charge < -0.3 is 5.11 Å². The Morgan fingerprint density at radius 1 is 1.57 bits per heavy atom. The molecule has 14 heavy (non-hydrogen) atoms. The third-order valence-electron chi connectivity index (χ3n) is 1.61. The van der Waals surface area contributed by atoms with E-state index in [-0.39, 0.29) is 11.8 Å². The Morgan fingerprint density at radius 3 is 2.71 bits per heavy atom. The molecule has 0 radical (unpaired) electrons. The van der Waals surface area contributed by atoms with Gasteiger partial charge in [0.15, 0.2) is 0 Å². The lowest BCUT2D eigenvalue weighted by atomic mass is 9.93. The first-order valence-corrected chi connectivity index (χ1v) is 5.40. The van der Waals surface area contributed by atoms with E-state index in [0.29, 0.717) is 5.69 Å². The van der Waals surface area contributed by atoms with Crippen molar-refractivity contribution in [2.24, 2.45) is 5.41 Å². The molecule has 0 aromatic carbocycles. The second kappa shape index (κ2) is 4.09. The Kier molecular flexibility index (Phi) is 3.26. The third-order valence-corrected chi connectivity index (χ3v) is 2.51. The van der Waals surface area contributed by atoms with E-state index >= 15 is 0 Å². The lowest BCUT2D eigenvalue weighted by molar-refractivity contribution is -0.136. The topological polar surface area (TPSA) is 50.2 Å². The molecule has 0 amide bonds. The molecular weight excluding hydrogens is 198 g/mol. The summed E-state index contributed by atoms with van der Waals surface area (Å²) < 4.78 is 0. The molecule has 1 N–H and O–H groups in total. The number of thiazole rings is 1. The SMILES string of the molecule is CC(C)(C)Cc1nc(CC(=O)O)cs1. The number of rotatable bonds is 3. The van der Waals surface area contributed by atoms with Crippen LogP contribution in [0.25, 0.3) is 0 Å². The van der Waals surface area contributed by atoms with Crippen molar-refractivity contribution in [3.8, 4) is 0 Å². The van der Waals surface area contributed by atoms with Crippen LogP contribution in [0, 0.1) is 5.41 Å². The number of aromatic nitrogens is 1. The molecule has 0 fully saturated rings. The van der Waals surface area contributed by atoms with Gasteiger partial charge in [-0.25, -0.2) is 4.98 Å². The highest BCUT2D eigenvalue weighted by Crippen LogP contribution is 2.22. The lowest BCUT2D eigenvalue weighted by Crippen LogP contribution is -2.09. The summed E-state index contributed by atoms with van der Waals surface area (Å²) in [4.78, 5) is 14.7. The Labute approximate surface area is 87.8 Å². The molecule has 0 atom stereocenters. The molecule has 1 rings (SSSR count). The number of nitrogens with zero attached hydrogens (tertiary/aromatic N) is 1. The number of carbonyl (C=O) groups is 1. The fraction of sp³-hybridized carbons (Fsp3) is 0.600. The third kappa shape index (κ3) is 3.87. The van der Waals surface area contributed by atoms with Gasteiger partial charge in [0.2, 0.25) is 0 Å². The monoisotopic (exact) mass is 213 g/mol. The van der Waals surface area contributed by atoms with Gasteiger partial charge in [-0.1, -0.05) is 20.8 Å². The van der Waals surface area contributed by atoms with Gasteiger partial charge in [-0.3, -0.25) is 4.79 Å². The standard InChI is InChI=1S/C10H15NO2S/c1-10(2,3)5-8-11-7(6-14-8)4-9(12)13/h6H,4-5H2,1-3H3,(H,12,13). The largest absolute Gasteiger partial charge is 0.481 e. The maximum absolute atomic E-state index is 10.4. The molecule has 1 aromatic heterocycles. The number of carboxylic acid groups (broad SMARTS) is 1. The fourth-order valence-electron chi connectivity index (χ4n) is 1.12. The summed E-state index contributed by atoms with van der Waals surface area (Å²) in [6.07, 6.45) is 0.929. The van der Waals surface area contributed by atoms with E-state index in [1.807, 2.05) is 5.38 Å². The minimum Gasteiger partial charge on any atom is -0.481 e. The zero-order chi connectivity index (χ0) is 10.8. The van der Waals surface area contributed by atoms with E-state index in [4.69, 9.17) is 5.11 Å². The zero-order valence-electron chi connectivity index (χ0n) is 8.70. The normalized spacial score (nSPS) is 11.6. The Morgan fingerprint density at radius 2 is 2.21 bits per heavy atom. The average molecular weight is 213 g/mol. The van der Waals surface area contributed by atoms with E-state index in [9.17, 15) is 4.79 Å². The quantitative estimate of drug-likeness (QED) is 0.838. The Bertz CT molecular complexity index is 325. The van der Waals surface area contributed by atoms with Crippen LogP contribution >= 0.6 is 11.3 Å². The van der Waals surface area contributed by atoms with Crippen LogP contribution in [-0.2, 0) is 17.6 Å². The predicted molar refractivity (Wildman–Crippen MR) is 56.6 cm³/mol. The molecule has 4 heteroatoms. The van der Waals surface area contributed by atoms with Gasteiger partial charge in [-0.2, -0.15) is 0 Å². The second-order valence-corrected chi connectivity index (χ2v) is 5.48. The van der Waals surface area contributed by atoms with Crippen molar-refractivity contribution < 1.29 is 9.90 Å². The number of carboxylic acids is 1. The molecule has 0 aliphatic rings. The first kappa shape index (κ1) is 11.2. The Hall–Kier alpha value is -0.900. The predicted octanol–water partition coefficient (Wildman–Crippen LogP) is 2.36. The Balaban J connectivity index is 2.64. The highest BCUT2D eigenvalue weighted by molar-refractivity contribution is 7.09. The molecule has 1 heterocycles. The first-order valence-electron chi connectivity index (χ1n) is 4.52. The van der Waals surface area contributed by atoms with Crippen molar-refractivity contribution >= 4 is 17.3 Å². The first-order chi connectivity index (χ1) is 6.37. The maximum Gasteiger partial charge on any atom is 0.309 e. The molecule has 0 aliphatic heterocycles. The van der Waals surface area contributed by atoms with Crippen molar-refractivity contribution in [1.29, 1.82) is 0 Å².